The van der Waals surface area contributed by atoms with Crippen LogP contribution in [0.25, 0.3) is 53.9 Å². The maximum atomic E-state index is 3.64. The van der Waals surface area contributed by atoms with E-state index in [0.29, 0.717) is 0 Å². The maximum absolute atomic E-state index is 3.64. The van der Waals surface area contributed by atoms with Crippen LogP contribution in [0.4, 0.5) is 0 Å². The minimum Gasteiger partial charge on any atom is -0.186 e. The Labute approximate surface area is 217 Å². The zero-order chi connectivity index (χ0) is 25.2. The van der Waals surface area contributed by atoms with Crippen LogP contribution in [0.5, 0.6) is 0 Å². The van der Waals surface area contributed by atoms with Crippen molar-refractivity contribution in [3.8, 4) is 22.3 Å². The van der Waals surface area contributed by atoms with Gasteiger partial charge in [0.05, 0.1) is 0 Å². The maximum Gasteiger partial charge on any atom is 0.0411 e. The predicted octanol–water partition coefficient (Wildman–Crippen LogP) is 8.90. The van der Waals surface area contributed by atoms with Gasteiger partial charge in [0.15, 0.2) is 0 Å². The molecule has 0 aromatic heterocycles. The molecule has 6 aromatic rings. The van der Waals surface area contributed by atoms with Gasteiger partial charge < -0.3 is 0 Å². The molecule has 0 aliphatic carbocycles. The SMILES string of the molecule is CS(C)(C)C#Cc1c2ccccc2c2ccc3c(C#CS(C)(C)C)c4ccccc4c4ccc1c2c34. The van der Waals surface area contributed by atoms with Crippen molar-refractivity contribution in [1.82, 2.24) is 0 Å². The van der Waals surface area contributed by atoms with Crippen molar-refractivity contribution in [2.24, 2.45) is 0 Å². The van der Waals surface area contributed by atoms with Crippen LogP contribution in [0, 0.1) is 22.3 Å². The van der Waals surface area contributed by atoms with Crippen LogP contribution in [0.1, 0.15) is 11.1 Å². The molecule has 0 saturated heterocycles. The lowest BCUT2D eigenvalue weighted by Crippen LogP contribution is -1.94. The van der Waals surface area contributed by atoms with Gasteiger partial charge in [-0.1, -0.05) is 84.6 Å². The number of benzene rings is 6. The summed E-state index contributed by atoms with van der Waals surface area (Å²) in [6.45, 7) is 0. The average Bonchev–Trinajstić information content (AvgIpc) is 2.84. The van der Waals surface area contributed by atoms with Crippen molar-refractivity contribution in [2.75, 3.05) is 37.5 Å². The van der Waals surface area contributed by atoms with E-state index < -0.39 is 20.1 Å². The second-order valence-corrected chi connectivity index (χ2v) is 18.8. The standard InChI is InChI=1S/C34H30S2/c1-35(2,3)21-19-27-23-11-7-9-13-25(23)29-16-18-32-28(20-22-36(4,5)6)24-12-8-10-14-26(24)30-15-17-31(27)33(29)34(30)32/h7-18H,1-6H3. The Hall–Kier alpha value is -3.30. The Bertz CT molecular complexity index is 1810. The molecule has 178 valence electrons. The Morgan fingerprint density at radius 1 is 0.389 bits per heavy atom. The van der Waals surface area contributed by atoms with Crippen LogP contribution in [0.15, 0.2) is 72.8 Å². The topological polar surface area (TPSA) is 0 Å². The normalized spacial score (nSPS) is 13.2. The highest BCUT2D eigenvalue weighted by Gasteiger charge is 2.19. The van der Waals surface area contributed by atoms with E-state index in [1.54, 1.807) is 0 Å². The molecule has 0 N–H and O–H groups in total. The lowest BCUT2D eigenvalue weighted by molar-refractivity contribution is 1.75. The first kappa shape index (κ1) is 23.1. The zero-order valence-electron chi connectivity index (χ0n) is 21.7. The van der Waals surface area contributed by atoms with Crippen molar-refractivity contribution >= 4 is 73.9 Å². The summed E-state index contributed by atoms with van der Waals surface area (Å²) in [5.41, 5.74) is 2.30. The molecule has 6 rings (SSSR count). The minimum absolute atomic E-state index is 0.954. The van der Waals surface area contributed by atoms with Gasteiger partial charge in [0.2, 0.25) is 0 Å². The molecule has 0 bridgehead atoms. The van der Waals surface area contributed by atoms with Crippen LogP contribution in [-0.4, -0.2) is 37.5 Å². The van der Waals surface area contributed by atoms with E-state index in [1.807, 2.05) is 0 Å². The molecular formula is C34H30S2. The highest BCUT2D eigenvalue weighted by atomic mass is 32.3. The van der Waals surface area contributed by atoms with E-state index in [0.717, 1.165) is 11.1 Å². The number of hydrogen-bond donors (Lipinski definition) is 0. The van der Waals surface area contributed by atoms with Crippen molar-refractivity contribution in [3.05, 3.63) is 83.9 Å². The molecule has 0 atom stereocenters. The summed E-state index contributed by atoms with van der Waals surface area (Å²) < 4.78 is 0. The average molecular weight is 503 g/mol. The Kier molecular flexibility index (Phi) is 5.21. The van der Waals surface area contributed by atoms with Gasteiger partial charge in [0, 0.05) is 11.1 Å². The van der Waals surface area contributed by atoms with Crippen LogP contribution < -0.4 is 0 Å². The number of fused-ring (bicyclic) bond motifs is 4. The van der Waals surface area contributed by atoms with Crippen LogP contribution in [0.3, 0.4) is 0 Å². The van der Waals surface area contributed by atoms with Crippen molar-refractivity contribution in [1.29, 1.82) is 0 Å². The third-order valence-corrected chi connectivity index (χ3v) is 8.07. The molecule has 0 aliphatic heterocycles. The highest BCUT2D eigenvalue weighted by molar-refractivity contribution is 8.36. The van der Waals surface area contributed by atoms with Crippen LogP contribution in [-0.2, 0) is 0 Å². The van der Waals surface area contributed by atoms with Gasteiger partial charge in [-0.25, -0.2) is 0 Å². The molecule has 0 saturated carbocycles. The molecular weight excluding hydrogens is 473 g/mol. The van der Waals surface area contributed by atoms with E-state index >= 15 is 0 Å². The third kappa shape index (κ3) is 3.77. The summed E-state index contributed by atoms with van der Waals surface area (Å²) in [7, 11) is -1.91. The molecule has 0 heterocycles. The molecule has 36 heavy (non-hydrogen) atoms. The molecule has 0 aliphatic rings. The molecule has 0 nitrogen and oxygen atoms in total. The van der Waals surface area contributed by atoms with Gasteiger partial charge in [-0.2, -0.15) is 20.1 Å². The van der Waals surface area contributed by atoms with E-state index in [2.05, 4.69) is 133 Å². The van der Waals surface area contributed by atoms with Gasteiger partial charge >= 0.3 is 0 Å². The fraction of sp³-hybridized carbons (Fsp3) is 0.176. The Morgan fingerprint density at radius 3 is 1.08 bits per heavy atom. The monoisotopic (exact) mass is 502 g/mol. The van der Waals surface area contributed by atoms with Crippen LogP contribution >= 0.6 is 20.1 Å². The molecule has 0 radical (unpaired) electrons. The summed E-state index contributed by atoms with van der Waals surface area (Å²) >= 11 is 0. The quantitative estimate of drug-likeness (QED) is 0.110. The second-order valence-electron chi connectivity index (χ2n) is 11.0. The van der Waals surface area contributed by atoms with Gasteiger partial charge in [-0.05, 0) is 102 Å². The summed E-state index contributed by atoms with van der Waals surface area (Å²) in [6.07, 6.45) is 13.5. The summed E-state index contributed by atoms with van der Waals surface area (Å²) in [5, 5.41) is 19.9. The van der Waals surface area contributed by atoms with E-state index in [-0.39, 0.29) is 0 Å². The molecule has 2 heteroatoms. The highest BCUT2D eigenvalue weighted by Crippen LogP contribution is 2.45. The van der Waals surface area contributed by atoms with Crippen LogP contribution in [0.2, 0.25) is 0 Å². The molecule has 6 aromatic carbocycles. The zero-order valence-corrected chi connectivity index (χ0v) is 23.4. The minimum atomic E-state index is -0.954. The first-order valence-corrected chi connectivity index (χ1v) is 17.8. The fourth-order valence-corrected chi connectivity index (χ4v) is 6.02. The van der Waals surface area contributed by atoms with E-state index in [4.69, 9.17) is 0 Å². The molecule has 0 spiro atoms. The van der Waals surface area contributed by atoms with E-state index in [9.17, 15) is 0 Å². The van der Waals surface area contributed by atoms with Gasteiger partial charge in [0.1, 0.15) is 0 Å². The summed E-state index contributed by atoms with van der Waals surface area (Å²) in [5.74, 6) is 7.28. The van der Waals surface area contributed by atoms with E-state index in [1.165, 1.54) is 53.9 Å². The molecule has 0 unspecified atom stereocenters. The summed E-state index contributed by atoms with van der Waals surface area (Å²) in [6, 6.07) is 26.7. The van der Waals surface area contributed by atoms with Gasteiger partial charge in [-0.15, -0.1) is 0 Å². The van der Waals surface area contributed by atoms with Crippen molar-refractivity contribution < 1.29 is 0 Å². The predicted molar refractivity (Wildman–Crippen MR) is 170 cm³/mol. The largest absolute Gasteiger partial charge is 0.186 e. The van der Waals surface area contributed by atoms with Crippen molar-refractivity contribution in [2.45, 2.75) is 0 Å². The van der Waals surface area contributed by atoms with Crippen molar-refractivity contribution in [3.63, 3.8) is 0 Å². The molecule has 0 fully saturated rings. The lowest BCUT2D eigenvalue weighted by Gasteiger charge is -2.19. The van der Waals surface area contributed by atoms with Gasteiger partial charge in [-0.3, -0.25) is 0 Å². The number of hydrogen-bond acceptors (Lipinski definition) is 0. The molecule has 0 amide bonds. The fourth-order valence-electron chi connectivity index (χ4n) is 5.20. The first-order chi connectivity index (χ1) is 17.1. The number of rotatable bonds is 0. The second kappa shape index (κ2) is 8.11. The van der Waals surface area contributed by atoms with Gasteiger partial charge in [0.25, 0.3) is 0 Å². The Balaban J connectivity index is 1.89. The third-order valence-electron chi connectivity index (χ3n) is 6.64. The summed E-state index contributed by atoms with van der Waals surface area (Å²) in [4.78, 5) is 0. The lowest BCUT2D eigenvalue weighted by atomic mass is 9.84. The first-order valence-electron chi connectivity index (χ1n) is 12.1. The smallest absolute Gasteiger partial charge is 0.0411 e. The Morgan fingerprint density at radius 2 is 0.722 bits per heavy atom.